The molecule has 0 bridgehead atoms. The van der Waals surface area contributed by atoms with Crippen molar-refractivity contribution >= 4 is 5.91 Å². The Bertz CT molecular complexity index is 468. The molecule has 3 nitrogen and oxygen atoms in total. The van der Waals surface area contributed by atoms with Crippen LogP contribution in [0.3, 0.4) is 0 Å². The summed E-state index contributed by atoms with van der Waals surface area (Å²) in [5.74, 6) is 0.626. The van der Waals surface area contributed by atoms with E-state index < -0.39 is 0 Å². The molecule has 1 saturated heterocycles. The summed E-state index contributed by atoms with van der Waals surface area (Å²) < 4.78 is 0. The number of piperazine rings is 1. The Labute approximate surface area is 116 Å². The molecule has 0 aliphatic carbocycles. The van der Waals surface area contributed by atoms with Crippen LogP contribution in [0.4, 0.5) is 0 Å². The first-order chi connectivity index (χ1) is 9.00. The lowest BCUT2D eigenvalue weighted by atomic mass is 9.97. The molecule has 1 unspecified atom stereocenters. The maximum absolute atomic E-state index is 12.7. The van der Waals surface area contributed by atoms with Gasteiger partial charge in [-0.2, -0.15) is 0 Å². The number of aryl methyl sites for hydroxylation is 1. The molecule has 2 rings (SSSR count). The van der Waals surface area contributed by atoms with Gasteiger partial charge in [-0.05, 0) is 37.0 Å². The van der Waals surface area contributed by atoms with Gasteiger partial charge in [-0.15, -0.1) is 0 Å². The van der Waals surface area contributed by atoms with Gasteiger partial charge in [-0.3, -0.25) is 4.79 Å². The SMILES string of the molecule is Cc1ccc(C(C)C)cc1C(=O)N1CCNCC1C. The second kappa shape index (κ2) is 5.74. The van der Waals surface area contributed by atoms with E-state index in [1.54, 1.807) is 0 Å². The molecule has 1 N–H and O–H groups in total. The maximum atomic E-state index is 12.7. The molecule has 19 heavy (non-hydrogen) atoms. The molecule has 1 fully saturated rings. The lowest BCUT2D eigenvalue weighted by molar-refractivity contribution is 0.0655. The monoisotopic (exact) mass is 260 g/mol. The molecule has 0 spiro atoms. The Morgan fingerprint density at radius 3 is 2.79 bits per heavy atom. The van der Waals surface area contributed by atoms with Gasteiger partial charge in [-0.25, -0.2) is 0 Å². The topological polar surface area (TPSA) is 32.3 Å². The van der Waals surface area contributed by atoms with Crippen molar-refractivity contribution in [2.45, 2.75) is 39.7 Å². The first kappa shape index (κ1) is 14.1. The van der Waals surface area contributed by atoms with Crippen molar-refractivity contribution in [1.82, 2.24) is 10.2 Å². The van der Waals surface area contributed by atoms with Crippen molar-refractivity contribution in [1.29, 1.82) is 0 Å². The van der Waals surface area contributed by atoms with Crippen molar-refractivity contribution < 1.29 is 4.79 Å². The van der Waals surface area contributed by atoms with Crippen LogP contribution in [-0.4, -0.2) is 36.5 Å². The fraction of sp³-hybridized carbons (Fsp3) is 0.562. The number of carbonyl (C=O) groups excluding carboxylic acids is 1. The molecule has 3 heteroatoms. The van der Waals surface area contributed by atoms with Crippen LogP contribution < -0.4 is 5.32 Å². The van der Waals surface area contributed by atoms with Crippen LogP contribution in [-0.2, 0) is 0 Å². The highest BCUT2D eigenvalue weighted by Gasteiger charge is 2.25. The number of nitrogens with zero attached hydrogens (tertiary/aromatic N) is 1. The molecule has 0 radical (unpaired) electrons. The number of rotatable bonds is 2. The van der Waals surface area contributed by atoms with Crippen LogP contribution in [0.5, 0.6) is 0 Å². The summed E-state index contributed by atoms with van der Waals surface area (Å²) in [5, 5.41) is 3.32. The fourth-order valence-electron chi connectivity index (χ4n) is 2.53. The van der Waals surface area contributed by atoms with Crippen molar-refractivity contribution in [2.24, 2.45) is 0 Å². The van der Waals surface area contributed by atoms with E-state index in [1.165, 1.54) is 5.56 Å². The molecule has 1 amide bonds. The maximum Gasteiger partial charge on any atom is 0.254 e. The minimum atomic E-state index is 0.175. The van der Waals surface area contributed by atoms with Crippen LogP contribution in [0.2, 0.25) is 0 Å². The van der Waals surface area contributed by atoms with Gasteiger partial charge in [0, 0.05) is 31.2 Å². The van der Waals surface area contributed by atoms with E-state index in [-0.39, 0.29) is 11.9 Å². The van der Waals surface area contributed by atoms with Crippen LogP contribution in [0.1, 0.15) is 48.2 Å². The predicted octanol–water partition coefficient (Wildman–Crippen LogP) is 2.55. The summed E-state index contributed by atoms with van der Waals surface area (Å²) in [6, 6.07) is 6.52. The zero-order chi connectivity index (χ0) is 14.0. The smallest absolute Gasteiger partial charge is 0.254 e. The highest BCUT2D eigenvalue weighted by atomic mass is 16.2. The Morgan fingerprint density at radius 2 is 2.16 bits per heavy atom. The zero-order valence-electron chi connectivity index (χ0n) is 12.4. The number of hydrogen-bond acceptors (Lipinski definition) is 2. The van der Waals surface area contributed by atoms with Crippen molar-refractivity contribution in [3.8, 4) is 0 Å². The van der Waals surface area contributed by atoms with Gasteiger partial charge in [0.2, 0.25) is 0 Å². The molecular formula is C16H24N2O. The molecule has 1 atom stereocenters. The Morgan fingerprint density at radius 1 is 1.42 bits per heavy atom. The second-order valence-electron chi connectivity index (χ2n) is 5.78. The average molecular weight is 260 g/mol. The first-order valence-electron chi connectivity index (χ1n) is 7.13. The summed E-state index contributed by atoms with van der Waals surface area (Å²) in [5.41, 5.74) is 3.16. The van der Waals surface area contributed by atoms with E-state index in [1.807, 2.05) is 11.8 Å². The normalized spacial score (nSPS) is 19.8. The van der Waals surface area contributed by atoms with Crippen molar-refractivity contribution in [2.75, 3.05) is 19.6 Å². The van der Waals surface area contributed by atoms with Gasteiger partial charge < -0.3 is 10.2 Å². The standard InChI is InChI=1S/C16H24N2O/c1-11(2)14-6-5-12(3)15(9-14)16(19)18-8-7-17-10-13(18)4/h5-6,9,11,13,17H,7-8,10H2,1-4H3. The molecule has 0 saturated carbocycles. The summed E-state index contributed by atoms with van der Waals surface area (Å²) in [4.78, 5) is 14.7. The highest BCUT2D eigenvalue weighted by molar-refractivity contribution is 5.96. The molecule has 104 valence electrons. The largest absolute Gasteiger partial charge is 0.333 e. The Hall–Kier alpha value is -1.35. The fourth-order valence-corrected chi connectivity index (χ4v) is 2.53. The van der Waals surface area contributed by atoms with E-state index in [9.17, 15) is 4.79 Å². The van der Waals surface area contributed by atoms with E-state index in [4.69, 9.17) is 0 Å². The molecule has 1 aliphatic heterocycles. The summed E-state index contributed by atoms with van der Waals surface area (Å²) in [6.07, 6.45) is 0. The van der Waals surface area contributed by atoms with Gasteiger partial charge in [0.1, 0.15) is 0 Å². The minimum absolute atomic E-state index is 0.175. The minimum Gasteiger partial charge on any atom is -0.333 e. The summed E-state index contributed by atoms with van der Waals surface area (Å²) in [7, 11) is 0. The third kappa shape index (κ3) is 2.98. The molecule has 1 heterocycles. The second-order valence-corrected chi connectivity index (χ2v) is 5.78. The van der Waals surface area contributed by atoms with Gasteiger partial charge in [0.25, 0.3) is 5.91 Å². The van der Waals surface area contributed by atoms with E-state index in [0.29, 0.717) is 5.92 Å². The third-order valence-electron chi connectivity index (χ3n) is 3.92. The summed E-state index contributed by atoms with van der Waals surface area (Å²) in [6.45, 7) is 11.0. The third-order valence-corrected chi connectivity index (χ3v) is 3.92. The molecule has 0 aromatic heterocycles. The summed E-state index contributed by atoms with van der Waals surface area (Å²) >= 11 is 0. The van der Waals surface area contributed by atoms with Gasteiger partial charge in [0.15, 0.2) is 0 Å². The van der Waals surface area contributed by atoms with E-state index >= 15 is 0 Å². The van der Waals surface area contributed by atoms with Gasteiger partial charge >= 0.3 is 0 Å². The molecular weight excluding hydrogens is 236 g/mol. The predicted molar refractivity (Wildman–Crippen MR) is 78.6 cm³/mol. The number of hydrogen-bond donors (Lipinski definition) is 1. The van der Waals surface area contributed by atoms with Crippen LogP contribution in [0.15, 0.2) is 18.2 Å². The average Bonchev–Trinajstić information content (AvgIpc) is 2.38. The van der Waals surface area contributed by atoms with Crippen LogP contribution in [0, 0.1) is 6.92 Å². The molecule has 1 aromatic carbocycles. The quantitative estimate of drug-likeness (QED) is 0.886. The van der Waals surface area contributed by atoms with Crippen molar-refractivity contribution in [3.63, 3.8) is 0 Å². The van der Waals surface area contributed by atoms with Crippen LogP contribution in [0.25, 0.3) is 0 Å². The van der Waals surface area contributed by atoms with Crippen LogP contribution >= 0.6 is 0 Å². The van der Waals surface area contributed by atoms with Gasteiger partial charge in [0.05, 0.1) is 0 Å². The lowest BCUT2D eigenvalue weighted by Gasteiger charge is -2.34. The number of amides is 1. The molecule has 1 aliphatic rings. The van der Waals surface area contributed by atoms with Gasteiger partial charge in [-0.1, -0.05) is 26.0 Å². The number of benzene rings is 1. The zero-order valence-corrected chi connectivity index (χ0v) is 12.4. The number of carbonyl (C=O) groups is 1. The Balaban J connectivity index is 2.29. The Kier molecular flexibility index (Phi) is 4.25. The lowest BCUT2D eigenvalue weighted by Crippen LogP contribution is -2.52. The van der Waals surface area contributed by atoms with E-state index in [2.05, 4.69) is 44.3 Å². The van der Waals surface area contributed by atoms with E-state index in [0.717, 1.165) is 30.8 Å². The highest BCUT2D eigenvalue weighted by Crippen LogP contribution is 2.21. The molecule has 1 aromatic rings. The first-order valence-corrected chi connectivity index (χ1v) is 7.13. The van der Waals surface area contributed by atoms with Crippen molar-refractivity contribution in [3.05, 3.63) is 34.9 Å². The number of nitrogens with one attached hydrogen (secondary N) is 1.